The number of nitrogens with zero attached hydrogens (tertiary/aromatic N) is 2. The topological polar surface area (TPSA) is 17.8 Å². The highest BCUT2D eigenvalue weighted by Gasteiger charge is 2.08. The van der Waals surface area contributed by atoms with E-state index in [0.717, 1.165) is 18.0 Å². The molecule has 14 heavy (non-hydrogen) atoms. The van der Waals surface area contributed by atoms with Gasteiger partial charge >= 0.3 is 0 Å². The predicted molar refractivity (Wildman–Crippen MR) is 60.6 cm³/mol. The molecule has 0 spiro atoms. The summed E-state index contributed by atoms with van der Waals surface area (Å²) in [6.07, 6.45) is 6.33. The highest BCUT2D eigenvalue weighted by molar-refractivity contribution is 6.20. The van der Waals surface area contributed by atoms with Gasteiger partial charge in [-0.1, -0.05) is 26.7 Å². The van der Waals surface area contributed by atoms with Crippen molar-refractivity contribution in [1.29, 1.82) is 0 Å². The molecule has 0 bridgehead atoms. The molecule has 1 atom stereocenters. The first kappa shape index (κ1) is 11.6. The van der Waals surface area contributed by atoms with Crippen LogP contribution in [0.2, 0.25) is 0 Å². The molecule has 0 radical (unpaired) electrons. The average Bonchev–Trinajstić information content (AvgIpc) is 2.62. The molecule has 0 aliphatic heterocycles. The van der Waals surface area contributed by atoms with Gasteiger partial charge in [0.2, 0.25) is 0 Å². The largest absolute Gasteiger partial charge is 0.272 e. The van der Waals surface area contributed by atoms with Crippen molar-refractivity contribution >= 4 is 11.6 Å². The number of hydrogen-bond acceptors (Lipinski definition) is 1. The molecule has 0 aliphatic rings. The SMILES string of the molecule is CCC(CC)Cn1cc(C(C)Cl)cn1. The van der Waals surface area contributed by atoms with Gasteiger partial charge in [0.05, 0.1) is 11.6 Å². The lowest BCUT2D eigenvalue weighted by atomic mass is 10.0. The first-order valence-electron chi connectivity index (χ1n) is 5.33. The third kappa shape index (κ3) is 3.02. The number of rotatable bonds is 5. The predicted octanol–water partition coefficient (Wildman–Crippen LogP) is 3.62. The molecule has 0 saturated carbocycles. The molecular weight excluding hydrogens is 196 g/mol. The summed E-state index contributed by atoms with van der Waals surface area (Å²) in [6, 6.07) is 0. The maximum Gasteiger partial charge on any atom is 0.0588 e. The van der Waals surface area contributed by atoms with Gasteiger partial charge < -0.3 is 0 Å². The summed E-state index contributed by atoms with van der Waals surface area (Å²) in [4.78, 5) is 0. The van der Waals surface area contributed by atoms with Gasteiger partial charge in [0.25, 0.3) is 0 Å². The quantitative estimate of drug-likeness (QED) is 0.685. The monoisotopic (exact) mass is 214 g/mol. The Labute approximate surface area is 91.3 Å². The molecule has 80 valence electrons. The molecule has 0 fully saturated rings. The Morgan fingerprint density at radius 3 is 2.50 bits per heavy atom. The van der Waals surface area contributed by atoms with Crippen LogP contribution in [0.5, 0.6) is 0 Å². The van der Waals surface area contributed by atoms with Crippen LogP contribution in [0.4, 0.5) is 0 Å². The second-order valence-corrected chi connectivity index (χ2v) is 4.45. The molecule has 0 saturated heterocycles. The Hall–Kier alpha value is -0.500. The van der Waals surface area contributed by atoms with E-state index >= 15 is 0 Å². The summed E-state index contributed by atoms with van der Waals surface area (Å²) < 4.78 is 2.01. The summed E-state index contributed by atoms with van der Waals surface area (Å²) in [5, 5.41) is 4.37. The minimum atomic E-state index is 0.0606. The Morgan fingerprint density at radius 2 is 2.07 bits per heavy atom. The Balaban J connectivity index is 2.58. The van der Waals surface area contributed by atoms with E-state index in [2.05, 4.69) is 25.1 Å². The van der Waals surface area contributed by atoms with Gasteiger partial charge in [-0.25, -0.2) is 0 Å². The van der Waals surface area contributed by atoms with Crippen LogP contribution in [-0.2, 0) is 6.54 Å². The van der Waals surface area contributed by atoms with E-state index in [0.29, 0.717) is 0 Å². The number of hydrogen-bond donors (Lipinski definition) is 0. The summed E-state index contributed by atoms with van der Waals surface area (Å²) in [6.45, 7) is 7.43. The summed E-state index contributed by atoms with van der Waals surface area (Å²) >= 11 is 5.97. The lowest BCUT2D eigenvalue weighted by Crippen LogP contribution is -2.09. The minimum Gasteiger partial charge on any atom is -0.272 e. The van der Waals surface area contributed by atoms with Gasteiger partial charge in [-0.2, -0.15) is 5.10 Å². The maximum absolute atomic E-state index is 5.97. The molecular formula is C11H19ClN2. The van der Waals surface area contributed by atoms with Crippen LogP contribution in [0, 0.1) is 5.92 Å². The van der Waals surface area contributed by atoms with Crippen molar-refractivity contribution in [2.75, 3.05) is 0 Å². The zero-order valence-corrected chi connectivity index (χ0v) is 9.96. The van der Waals surface area contributed by atoms with Crippen LogP contribution in [0.25, 0.3) is 0 Å². The van der Waals surface area contributed by atoms with Crippen molar-refractivity contribution in [3.8, 4) is 0 Å². The molecule has 0 aliphatic carbocycles. The van der Waals surface area contributed by atoms with Crippen LogP contribution < -0.4 is 0 Å². The normalized spacial score (nSPS) is 13.5. The summed E-state index contributed by atoms with van der Waals surface area (Å²) in [7, 11) is 0. The molecule has 1 aromatic rings. The number of aromatic nitrogens is 2. The highest BCUT2D eigenvalue weighted by Crippen LogP contribution is 2.19. The average molecular weight is 215 g/mol. The van der Waals surface area contributed by atoms with E-state index in [1.807, 2.05) is 17.8 Å². The van der Waals surface area contributed by atoms with Crippen molar-refractivity contribution in [1.82, 2.24) is 9.78 Å². The van der Waals surface area contributed by atoms with Gasteiger partial charge in [0.1, 0.15) is 0 Å². The van der Waals surface area contributed by atoms with Crippen LogP contribution in [0.3, 0.4) is 0 Å². The fourth-order valence-electron chi connectivity index (χ4n) is 1.50. The van der Waals surface area contributed by atoms with Crippen LogP contribution >= 0.6 is 11.6 Å². The Morgan fingerprint density at radius 1 is 1.43 bits per heavy atom. The molecule has 1 unspecified atom stereocenters. The standard InChI is InChI=1S/C11H19ClN2/c1-4-10(5-2)7-14-8-11(6-13-14)9(3)12/h6,8-10H,4-5,7H2,1-3H3. The Bertz CT molecular complexity index is 264. The smallest absolute Gasteiger partial charge is 0.0588 e. The molecule has 1 rings (SSSR count). The molecule has 3 heteroatoms. The Kier molecular flexibility index (Phi) is 4.46. The fraction of sp³-hybridized carbons (Fsp3) is 0.727. The van der Waals surface area contributed by atoms with E-state index in [9.17, 15) is 0 Å². The van der Waals surface area contributed by atoms with Crippen molar-refractivity contribution in [3.05, 3.63) is 18.0 Å². The second-order valence-electron chi connectivity index (χ2n) is 3.79. The van der Waals surface area contributed by atoms with E-state index in [4.69, 9.17) is 11.6 Å². The molecule has 0 N–H and O–H groups in total. The van der Waals surface area contributed by atoms with Crippen molar-refractivity contribution in [2.45, 2.75) is 45.5 Å². The van der Waals surface area contributed by atoms with E-state index in [1.165, 1.54) is 12.8 Å². The van der Waals surface area contributed by atoms with E-state index in [-0.39, 0.29) is 5.38 Å². The molecule has 1 heterocycles. The van der Waals surface area contributed by atoms with Crippen molar-refractivity contribution in [2.24, 2.45) is 5.92 Å². The third-order valence-corrected chi connectivity index (χ3v) is 2.96. The summed E-state index contributed by atoms with van der Waals surface area (Å²) in [5.41, 5.74) is 1.11. The number of halogens is 1. The second kappa shape index (κ2) is 5.40. The first-order valence-corrected chi connectivity index (χ1v) is 5.77. The fourth-order valence-corrected chi connectivity index (χ4v) is 1.61. The highest BCUT2D eigenvalue weighted by atomic mass is 35.5. The molecule has 2 nitrogen and oxygen atoms in total. The van der Waals surface area contributed by atoms with Crippen molar-refractivity contribution < 1.29 is 0 Å². The third-order valence-electron chi connectivity index (χ3n) is 2.71. The lowest BCUT2D eigenvalue weighted by Gasteiger charge is -2.11. The minimum absolute atomic E-state index is 0.0606. The van der Waals surface area contributed by atoms with Crippen LogP contribution in [0.1, 0.15) is 44.6 Å². The molecule has 0 amide bonds. The molecule has 1 aromatic heterocycles. The van der Waals surface area contributed by atoms with Crippen LogP contribution in [-0.4, -0.2) is 9.78 Å². The number of alkyl halides is 1. The van der Waals surface area contributed by atoms with E-state index < -0.39 is 0 Å². The van der Waals surface area contributed by atoms with Crippen LogP contribution in [0.15, 0.2) is 12.4 Å². The van der Waals surface area contributed by atoms with Gasteiger partial charge in [-0.15, -0.1) is 11.6 Å². The van der Waals surface area contributed by atoms with Gasteiger partial charge in [-0.3, -0.25) is 4.68 Å². The first-order chi connectivity index (χ1) is 6.67. The van der Waals surface area contributed by atoms with Gasteiger partial charge in [0, 0.05) is 18.3 Å². The van der Waals surface area contributed by atoms with Crippen molar-refractivity contribution in [3.63, 3.8) is 0 Å². The zero-order chi connectivity index (χ0) is 10.6. The lowest BCUT2D eigenvalue weighted by molar-refractivity contribution is 0.396. The van der Waals surface area contributed by atoms with Gasteiger partial charge in [0.15, 0.2) is 0 Å². The zero-order valence-electron chi connectivity index (χ0n) is 9.20. The summed E-state index contributed by atoms with van der Waals surface area (Å²) in [5.74, 6) is 0.730. The molecule has 0 aromatic carbocycles. The maximum atomic E-state index is 5.97. The van der Waals surface area contributed by atoms with E-state index in [1.54, 1.807) is 0 Å². The van der Waals surface area contributed by atoms with Gasteiger partial charge in [-0.05, 0) is 12.8 Å².